The molecule has 0 radical (unpaired) electrons. The van der Waals surface area contributed by atoms with Crippen molar-refractivity contribution in [2.24, 2.45) is 5.41 Å². The molecule has 1 saturated heterocycles. The Morgan fingerprint density at radius 1 is 1.21 bits per heavy atom. The standard InChI is InChI=1S/C22H24N4OS.ClH/c27-21(19-12-18(24-25-19)17-4-2-1-3-5-17)26(14-16-6-11-28-15-16)20-13-22(20)7-9-23-10-8-22;/h1-6,11-12,15,20,23H,7-10,13-14H2,(H,24,25);1H. The van der Waals surface area contributed by atoms with Crippen LogP contribution in [0.5, 0.6) is 0 Å². The molecule has 29 heavy (non-hydrogen) atoms. The van der Waals surface area contributed by atoms with Crippen LogP contribution in [0.1, 0.15) is 35.3 Å². The number of piperidine rings is 1. The van der Waals surface area contributed by atoms with E-state index >= 15 is 0 Å². The lowest BCUT2D eigenvalue weighted by atomic mass is 9.93. The molecule has 0 bridgehead atoms. The van der Waals surface area contributed by atoms with Crippen molar-refractivity contribution in [3.8, 4) is 11.3 Å². The van der Waals surface area contributed by atoms with Gasteiger partial charge in [0.05, 0.1) is 5.69 Å². The zero-order chi connectivity index (χ0) is 19.0. The van der Waals surface area contributed by atoms with E-state index in [0.717, 1.165) is 43.6 Å². The summed E-state index contributed by atoms with van der Waals surface area (Å²) in [6, 6.07) is 14.3. The third kappa shape index (κ3) is 3.97. The SMILES string of the molecule is Cl.O=C(c1cc(-c2ccccc2)n[nH]1)N(Cc1ccsc1)C1CC12CCNCC2. The second kappa shape index (κ2) is 8.30. The molecular weight excluding hydrogens is 404 g/mol. The van der Waals surface area contributed by atoms with Gasteiger partial charge in [0.1, 0.15) is 5.69 Å². The highest BCUT2D eigenvalue weighted by Crippen LogP contribution is 2.56. The average Bonchev–Trinajstić information content (AvgIpc) is 3.16. The normalized spacial score (nSPS) is 19.5. The summed E-state index contributed by atoms with van der Waals surface area (Å²) in [6.45, 7) is 2.78. The molecule has 5 rings (SSSR count). The molecule has 2 N–H and O–H groups in total. The van der Waals surface area contributed by atoms with Crippen LogP contribution in [0.15, 0.2) is 53.2 Å². The molecule has 2 fully saturated rings. The van der Waals surface area contributed by atoms with Crippen LogP contribution in [0, 0.1) is 5.41 Å². The van der Waals surface area contributed by atoms with E-state index in [1.54, 1.807) is 11.3 Å². The zero-order valence-corrected chi connectivity index (χ0v) is 17.8. The molecule has 152 valence electrons. The number of amides is 1. The van der Waals surface area contributed by atoms with Gasteiger partial charge in [0.15, 0.2) is 0 Å². The lowest BCUT2D eigenvalue weighted by Crippen LogP contribution is -2.39. The summed E-state index contributed by atoms with van der Waals surface area (Å²) in [4.78, 5) is 15.5. The highest BCUT2D eigenvalue weighted by molar-refractivity contribution is 7.07. The fraction of sp³-hybridized carbons (Fsp3) is 0.364. The first kappa shape index (κ1) is 20.1. The van der Waals surface area contributed by atoms with Gasteiger partial charge >= 0.3 is 0 Å². The van der Waals surface area contributed by atoms with Gasteiger partial charge in [-0.1, -0.05) is 30.3 Å². The smallest absolute Gasteiger partial charge is 0.272 e. The van der Waals surface area contributed by atoms with Gasteiger partial charge in [0.25, 0.3) is 5.91 Å². The van der Waals surface area contributed by atoms with E-state index in [1.807, 2.05) is 36.4 Å². The minimum atomic E-state index is 0. The van der Waals surface area contributed by atoms with Crippen molar-refractivity contribution in [2.75, 3.05) is 13.1 Å². The van der Waals surface area contributed by atoms with E-state index in [1.165, 1.54) is 5.56 Å². The number of nitrogens with zero attached hydrogens (tertiary/aromatic N) is 2. The minimum Gasteiger partial charge on any atom is -0.329 e. The predicted octanol–water partition coefficient (Wildman–Crippen LogP) is 4.34. The number of carbonyl (C=O) groups excluding carboxylic acids is 1. The summed E-state index contributed by atoms with van der Waals surface area (Å²) in [5.41, 5.74) is 3.91. The van der Waals surface area contributed by atoms with Crippen LogP contribution in [0.25, 0.3) is 11.3 Å². The van der Waals surface area contributed by atoms with Gasteiger partial charge in [-0.05, 0) is 66.2 Å². The minimum absolute atomic E-state index is 0. The topological polar surface area (TPSA) is 61.0 Å². The molecule has 1 aliphatic heterocycles. The number of halogens is 1. The fourth-order valence-corrected chi connectivity index (χ4v) is 5.13. The molecule has 7 heteroatoms. The van der Waals surface area contributed by atoms with Crippen LogP contribution >= 0.6 is 23.7 Å². The Kier molecular flexibility index (Phi) is 5.76. The van der Waals surface area contributed by atoms with Gasteiger partial charge in [-0.15, -0.1) is 12.4 Å². The van der Waals surface area contributed by atoms with Crippen molar-refractivity contribution >= 4 is 29.7 Å². The van der Waals surface area contributed by atoms with Crippen molar-refractivity contribution in [1.29, 1.82) is 0 Å². The predicted molar refractivity (Wildman–Crippen MR) is 118 cm³/mol. The van der Waals surface area contributed by atoms with Crippen molar-refractivity contribution < 1.29 is 4.79 Å². The number of hydrogen-bond acceptors (Lipinski definition) is 4. The van der Waals surface area contributed by atoms with Gasteiger partial charge in [0.2, 0.25) is 0 Å². The molecule has 2 aliphatic rings. The van der Waals surface area contributed by atoms with E-state index in [4.69, 9.17) is 0 Å². The van der Waals surface area contributed by atoms with Gasteiger partial charge in [-0.2, -0.15) is 16.4 Å². The zero-order valence-electron chi connectivity index (χ0n) is 16.1. The van der Waals surface area contributed by atoms with Crippen LogP contribution < -0.4 is 5.32 Å². The molecular formula is C22H25ClN4OS. The number of aromatic amines is 1. The molecule has 1 amide bonds. The number of aromatic nitrogens is 2. The van der Waals surface area contributed by atoms with E-state index in [2.05, 4.69) is 37.2 Å². The number of thiophene rings is 1. The van der Waals surface area contributed by atoms with Crippen molar-refractivity contribution in [3.05, 3.63) is 64.5 Å². The van der Waals surface area contributed by atoms with E-state index in [0.29, 0.717) is 23.7 Å². The monoisotopic (exact) mass is 428 g/mol. The number of hydrogen-bond donors (Lipinski definition) is 2. The highest BCUT2D eigenvalue weighted by Gasteiger charge is 2.57. The molecule has 1 aliphatic carbocycles. The second-order valence-electron chi connectivity index (χ2n) is 7.93. The van der Waals surface area contributed by atoms with Crippen LogP contribution in [-0.2, 0) is 6.54 Å². The highest BCUT2D eigenvalue weighted by atomic mass is 35.5. The Bertz CT molecular complexity index is 950. The molecule has 1 atom stereocenters. The maximum Gasteiger partial charge on any atom is 0.272 e. The maximum atomic E-state index is 13.5. The number of nitrogens with one attached hydrogen (secondary N) is 2. The maximum absolute atomic E-state index is 13.5. The fourth-order valence-electron chi connectivity index (χ4n) is 4.47. The first-order valence-electron chi connectivity index (χ1n) is 9.89. The third-order valence-corrected chi connectivity index (χ3v) is 6.93. The summed E-state index contributed by atoms with van der Waals surface area (Å²) < 4.78 is 0. The summed E-state index contributed by atoms with van der Waals surface area (Å²) >= 11 is 1.68. The van der Waals surface area contributed by atoms with Crippen LogP contribution in [0.2, 0.25) is 0 Å². The van der Waals surface area contributed by atoms with Gasteiger partial charge < -0.3 is 10.2 Å². The van der Waals surface area contributed by atoms with Crippen LogP contribution in [0.3, 0.4) is 0 Å². The van der Waals surface area contributed by atoms with Gasteiger partial charge in [0, 0.05) is 18.2 Å². The lowest BCUT2D eigenvalue weighted by Gasteiger charge is -2.29. The number of carbonyl (C=O) groups is 1. The van der Waals surface area contributed by atoms with E-state index < -0.39 is 0 Å². The van der Waals surface area contributed by atoms with E-state index in [-0.39, 0.29) is 18.3 Å². The summed E-state index contributed by atoms with van der Waals surface area (Å²) in [7, 11) is 0. The van der Waals surface area contributed by atoms with Crippen LogP contribution in [-0.4, -0.2) is 40.1 Å². The van der Waals surface area contributed by atoms with Crippen molar-refractivity contribution in [3.63, 3.8) is 0 Å². The Labute approximate surface area is 180 Å². The quantitative estimate of drug-likeness (QED) is 0.635. The molecule has 3 heterocycles. The molecule has 2 aromatic heterocycles. The number of rotatable bonds is 5. The Morgan fingerprint density at radius 3 is 2.72 bits per heavy atom. The van der Waals surface area contributed by atoms with Gasteiger partial charge in [-0.25, -0.2) is 0 Å². The summed E-state index contributed by atoms with van der Waals surface area (Å²) in [6.07, 6.45) is 3.43. The van der Waals surface area contributed by atoms with Crippen molar-refractivity contribution in [2.45, 2.75) is 31.8 Å². The molecule has 5 nitrogen and oxygen atoms in total. The average molecular weight is 429 g/mol. The molecule has 1 spiro atoms. The van der Waals surface area contributed by atoms with Crippen LogP contribution in [0.4, 0.5) is 0 Å². The second-order valence-corrected chi connectivity index (χ2v) is 8.71. The van der Waals surface area contributed by atoms with Crippen molar-refractivity contribution in [1.82, 2.24) is 20.4 Å². The Balaban J connectivity index is 0.00000205. The van der Waals surface area contributed by atoms with E-state index in [9.17, 15) is 4.79 Å². The largest absolute Gasteiger partial charge is 0.329 e. The molecule has 1 saturated carbocycles. The molecule has 1 aromatic carbocycles. The summed E-state index contributed by atoms with van der Waals surface area (Å²) in [5.74, 6) is 0.0567. The molecule has 3 aromatic rings. The number of H-pyrrole nitrogens is 1. The molecule has 1 unspecified atom stereocenters. The number of benzene rings is 1. The first-order chi connectivity index (χ1) is 13.8. The Morgan fingerprint density at radius 2 is 2.00 bits per heavy atom. The first-order valence-corrected chi connectivity index (χ1v) is 10.8. The third-order valence-electron chi connectivity index (χ3n) is 6.19. The Hall–Kier alpha value is -2.15. The van der Waals surface area contributed by atoms with Gasteiger partial charge in [-0.3, -0.25) is 9.89 Å². The lowest BCUT2D eigenvalue weighted by molar-refractivity contribution is 0.0686. The summed E-state index contributed by atoms with van der Waals surface area (Å²) in [5, 5.41) is 15.0.